The molecule has 3 aromatic rings. The van der Waals surface area contributed by atoms with Crippen LogP contribution in [0.25, 0.3) is 10.8 Å². The molecule has 6 nitrogen and oxygen atoms in total. The number of nitrogens with zero attached hydrogens (tertiary/aromatic N) is 2. The van der Waals surface area contributed by atoms with E-state index in [2.05, 4.69) is 10.2 Å². The number of hydrogen-bond acceptors (Lipinski definition) is 4. The SMILES string of the molecule is CCc1ccc2c(=O)[nH]nc(CN3C(=O)c4ccccc4C3=O)c2c1. The molecular formula is C19H15N3O3. The number of carbonyl (C=O) groups is 2. The highest BCUT2D eigenvalue weighted by atomic mass is 16.2. The van der Waals surface area contributed by atoms with Crippen molar-refractivity contribution in [2.75, 3.05) is 0 Å². The molecule has 2 heterocycles. The number of amides is 2. The van der Waals surface area contributed by atoms with Crippen molar-refractivity contribution in [1.82, 2.24) is 15.1 Å². The lowest BCUT2D eigenvalue weighted by Crippen LogP contribution is -2.30. The first-order valence-electron chi connectivity index (χ1n) is 8.05. The molecule has 0 unspecified atom stereocenters. The van der Waals surface area contributed by atoms with Crippen molar-refractivity contribution < 1.29 is 9.59 Å². The highest BCUT2D eigenvalue weighted by Crippen LogP contribution is 2.25. The highest BCUT2D eigenvalue weighted by molar-refractivity contribution is 6.21. The predicted octanol–water partition coefficient (Wildman–Crippen LogP) is 2.28. The molecule has 4 rings (SSSR count). The first-order valence-corrected chi connectivity index (χ1v) is 8.05. The summed E-state index contributed by atoms with van der Waals surface area (Å²) in [6.07, 6.45) is 0.815. The molecule has 1 aromatic heterocycles. The second kappa shape index (κ2) is 5.66. The van der Waals surface area contributed by atoms with E-state index in [1.54, 1.807) is 30.3 Å². The zero-order chi connectivity index (χ0) is 17.6. The molecular weight excluding hydrogens is 318 g/mol. The van der Waals surface area contributed by atoms with Gasteiger partial charge in [-0.25, -0.2) is 5.10 Å². The van der Waals surface area contributed by atoms with Gasteiger partial charge in [-0.2, -0.15) is 5.10 Å². The van der Waals surface area contributed by atoms with Crippen molar-refractivity contribution in [2.24, 2.45) is 0 Å². The number of benzene rings is 2. The van der Waals surface area contributed by atoms with Crippen molar-refractivity contribution >= 4 is 22.6 Å². The Hall–Kier alpha value is -3.28. The van der Waals surface area contributed by atoms with E-state index >= 15 is 0 Å². The van der Waals surface area contributed by atoms with Gasteiger partial charge >= 0.3 is 0 Å². The van der Waals surface area contributed by atoms with Crippen LogP contribution in [0.15, 0.2) is 47.3 Å². The van der Waals surface area contributed by atoms with Gasteiger partial charge in [-0.05, 0) is 36.2 Å². The summed E-state index contributed by atoms with van der Waals surface area (Å²) in [6.45, 7) is 2.04. The maximum absolute atomic E-state index is 12.5. The summed E-state index contributed by atoms with van der Waals surface area (Å²) in [7, 11) is 0. The maximum atomic E-state index is 12.5. The summed E-state index contributed by atoms with van der Waals surface area (Å²) in [5.41, 5.74) is 2.07. The molecule has 25 heavy (non-hydrogen) atoms. The number of rotatable bonds is 3. The standard InChI is InChI=1S/C19H15N3O3/c1-2-11-7-8-12-15(9-11)16(20-21-17(12)23)10-22-18(24)13-5-3-4-6-14(13)19(22)25/h3-9H,2,10H2,1H3,(H,21,23). The molecule has 0 fully saturated rings. The van der Waals surface area contributed by atoms with E-state index < -0.39 is 0 Å². The lowest BCUT2D eigenvalue weighted by Gasteiger charge is -2.14. The Labute approximate surface area is 143 Å². The number of aromatic nitrogens is 2. The zero-order valence-corrected chi connectivity index (χ0v) is 13.6. The third-order valence-electron chi connectivity index (χ3n) is 4.53. The predicted molar refractivity (Wildman–Crippen MR) is 92.4 cm³/mol. The van der Waals surface area contributed by atoms with Gasteiger partial charge in [0.05, 0.1) is 28.8 Å². The van der Waals surface area contributed by atoms with Crippen molar-refractivity contribution in [3.8, 4) is 0 Å². The third-order valence-corrected chi connectivity index (χ3v) is 4.53. The molecule has 6 heteroatoms. The normalized spacial score (nSPS) is 13.6. The van der Waals surface area contributed by atoms with Gasteiger partial charge < -0.3 is 0 Å². The van der Waals surface area contributed by atoms with Crippen LogP contribution in [0.5, 0.6) is 0 Å². The van der Waals surface area contributed by atoms with Crippen LogP contribution >= 0.6 is 0 Å². The van der Waals surface area contributed by atoms with Gasteiger partial charge in [-0.1, -0.05) is 25.1 Å². The fourth-order valence-corrected chi connectivity index (χ4v) is 3.14. The van der Waals surface area contributed by atoms with E-state index in [-0.39, 0.29) is 23.9 Å². The minimum atomic E-state index is -0.339. The first-order chi connectivity index (χ1) is 12.1. The molecule has 2 amide bonds. The van der Waals surface area contributed by atoms with Crippen LogP contribution in [0.3, 0.4) is 0 Å². The molecule has 1 aliphatic heterocycles. The number of H-pyrrole nitrogens is 1. The van der Waals surface area contributed by atoms with E-state index in [1.165, 1.54) is 4.90 Å². The van der Waals surface area contributed by atoms with E-state index in [4.69, 9.17) is 0 Å². The molecule has 1 N–H and O–H groups in total. The third kappa shape index (κ3) is 2.34. The monoisotopic (exact) mass is 333 g/mol. The first kappa shape index (κ1) is 15.3. The van der Waals surface area contributed by atoms with E-state index in [9.17, 15) is 14.4 Å². The fourth-order valence-electron chi connectivity index (χ4n) is 3.14. The Balaban J connectivity index is 1.80. The van der Waals surface area contributed by atoms with Crippen LogP contribution in [-0.2, 0) is 13.0 Å². The highest BCUT2D eigenvalue weighted by Gasteiger charge is 2.35. The number of hydrogen-bond donors (Lipinski definition) is 1. The summed E-state index contributed by atoms with van der Waals surface area (Å²) >= 11 is 0. The molecule has 1 aliphatic rings. The van der Waals surface area contributed by atoms with E-state index in [0.29, 0.717) is 27.6 Å². The summed E-state index contributed by atoms with van der Waals surface area (Å²) < 4.78 is 0. The molecule has 0 spiro atoms. The minimum Gasteiger partial charge on any atom is -0.269 e. The van der Waals surface area contributed by atoms with Gasteiger partial charge in [0, 0.05) is 5.39 Å². The van der Waals surface area contributed by atoms with E-state index in [1.807, 2.05) is 19.1 Å². The average molecular weight is 333 g/mol. The molecule has 0 aliphatic carbocycles. The number of carbonyl (C=O) groups excluding carboxylic acids is 2. The van der Waals surface area contributed by atoms with Crippen molar-refractivity contribution in [1.29, 1.82) is 0 Å². The lowest BCUT2D eigenvalue weighted by molar-refractivity contribution is 0.0641. The van der Waals surface area contributed by atoms with Gasteiger partial charge in [0.15, 0.2) is 0 Å². The van der Waals surface area contributed by atoms with Crippen molar-refractivity contribution in [2.45, 2.75) is 19.9 Å². The fraction of sp³-hybridized carbons (Fsp3) is 0.158. The number of nitrogens with one attached hydrogen (secondary N) is 1. The summed E-state index contributed by atoms with van der Waals surface area (Å²) in [4.78, 5) is 38.3. The molecule has 0 saturated heterocycles. The lowest BCUT2D eigenvalue weighted by atomic mass is 10.1. The topological polar surface area (TPSA) is 83.1 Å². The smallest absolute Gasteiger partial charge is 0.269 e. The summed E-state index contributed by atoms with van der Waals surface area (Å²) in [5, 5.41) is 7.71. The van der Waals surface area contributed by atoms with Crippen LogP contribution in [0.4, 0.5) is 0 Å². The Morgan fingerprint density at radius 2 is 1.64 bits per heavy atom. The summed E-state index contributed by atoms with van der Waals surface area (Å²) in [5.74, 6) is -0.679. The van der Waals surface area contributed by atoms with Crippen LogP contribution in [-0.4, -0.2) is 26.9 Å². The van der Waals surface area contributed by atoms with Crippen LogP contribution in [0.1, 0.15) is 38.9 Å². The number of imide groups is 1. The summed E-state index contributed by atoms with van der Waals surface area (Å²) in [6, 6.07) is 12.3. The van der Waals surface area contributed by atoms with E-state index in [0.717, 1.165) is 12.0 Å². The Morgan fingerprint density at radius 3 is 2.28 bits per heavy atom. The minimum absolute atomic E-state index is 0.0206. The second-order valence-corrected chi connectivity index (χ2v) is 5.97. The molecule has 0 bridgehead atoms. The average Bonchev–Trinajstić information content (AvgIpc) is 2.89. The van der Waals surface area contributed by atoms with Crippen molar-refractivity contribution in [3.63, 3.8) is 0 Å². The largest absolute Gasteiger partial charge is 0.272 e. The number of fused-ring (bicyclic) bond motifs is 2. The Kier molecular flexibility index (Phi) is 3.46. The molecule has 124 valence electrons. The van der Waals surface area contributed by atoms with Gasteiger partial charge in [-0.3, -0.25) is 19.3 Å². The molecule has 0 radical (unpaired) electrons. The van der Waals surface area contributed by atoms with Gasteiger partial charge in [-0.15, -0.1) is 0 Å². The zero-order valence-electron chi connectivity index (χ0n) is 13.6. The second-order valence-electron chi connectivity index (χ2n) is 5.97. The van der Waals surface area contributed by atoms with Gasteiger partial charge in [0.2, 0.25) is 0 Å². The molecule has 2 aromatic carbocycles. The Morgan fingerprint density at radius 1 is 0.960 bits per heavy atom. The van der Waals surface area contributed by atoms with Gasteiger partial charge in [0.1, 0.15) is 0 Å². The van der Waals surface area contributed by atoms with Crippen LogP contribution in [0.2, 0.25) is 0 Å². The number of aryl methyl sites for hydroxylation is 1. The quantitative estimate of drug-likeness (QED) is 0.745. The van der Waals surface area contributed by atoms with Crippen molar-refractivity contribution in [3.05, 3.63) is 75.2 Å². The van der Waals surface area contributed by atoms with Crippen LogP contribution < -0.4 is 5.56 Å². The Bertz CT molecular complexity index is 1050. The number of aromatic amines is 1. The molecule has 0 saturated carbocycles. The van der Waals surface area contributed by atoms with Gasteiger partial charge in [0.25, 0.3) is 17.4 Å². The van der Waals surface area contributed by atoms with Crippen LogP contribution in [0, 0.1) is 0 Å². The maximum Gasteiger partial charge on any atom is 0.272 e. The molecule has 0 atom stereocenters.